The van der Waals surface area contributed by atoms with Crippen molar-refractivity contribution in [2.75, 3.05) is 16.3 Å². The molecule has 0 saturated heterocycles. The van der Waals surface area contributed by atoms with Crippen molar-refractivity contribution in [1.82, 2.24) is 0 Å². The molecule has 0 spiro atoms. The fourth-order valence-corrected chi connectivity index (χ4v) is 2.67. The number of ether oxygens (including phenoxy) is 1. The average molecular weight is 369 g/mol. The van der Waals surface area contributed by atoms with Crippen LogP contribution in [0, 0.1) is 0 Å². The molecule has 128 valence electrons. The summed E-state index contributed by atoms with van der Waals surface area (Å²) in [5.41, 5.74) is 0.623. The quantitative estimate of drug-likeness (QED) is 0.820. The van der Waals surface area contributed by atoms with Gasteiger partial charge in [-0.15, -0.1) is 0 Å². The van der Waals surface area contributed by atoms with Crippen LogP contribution in [0.15, 0.2) is 48.5 Å². The lowest BCUT2D eigenvalue weighted by Crippen LogP contribution is -2.30. The summed E-state index contributed by atoms with van der Waals surface area (Å²) in [6.07, 6.45) is 0.242. The summed E-state index contributed by atoms with van der Waals surface area (Å²) in [5.74, 6) is 0.0467. The summed E-state index contributed by atoms with van der Waals surface area (Å²) in [6, 6.07) is 13.2. The van der Waals surface area contributed by atoms with Gasteiger partial charge in [0.1, 0.15) is 5.75 Å². The lowest BCUT2D eigenvalue weighted by molar-refractivity contribution is -0.122. The fourth-order valence-electron chi connectivity index (χ4n) is 1.91. The van der Waals surface area contributed by atoms with Gasteiger partial charge in [-0.05, 0) is 37.3 Å². The van der Waals surface area contributed by atoms with Gasteiger partial charge in [-0.2, -0.15) is 0 Å². The number of carbonyl (C=O) groups is 1. The molecule has 0 radical (unpaired) electrons. The van der Waals surface area contributed by atoms with E-state index in [1.165, 1.54) is 0 Å². The Hall–Kier alpha value is -2.25. The molecule has 0 aliphatic carbocycles. The lowest BCUT2D eigenvalue weighted by atomic mass is 10.2. The predicted octanol–water partition coefficient (Wildman–Crippen LogP) is 3.12. The van der Waals surface area contributed by atoms with Gasteiger partial charge >= 0.3 is 0 Å². The van der Waals surface area contributed by atoms with E-state index in [0.717, 1.165) is 6.26 Å². The van der Waals surface area contributed by atoms with Crippen molar-refractivity contribution in [2.24, 2.45) is 0 Å². The number of rotatable bonds is 6. The highest BCUT2D eigenvalue weighted by Crippen LogP contribution is 2.23. The van der Waals surface area contributed by atoms with Gasteiger partial charge < -0.3 is 10.1 Å². The average Bonchev–Trinajstić information content (AvgIpc) is 2.47. The highest BCUT2D eigenvalue weighted by atomic mass is 35.5. The van der Waals surface area contributed by atoms with Crippen molar-refractivity contribution in [3.63, 3.8) is 0 Å². The van der Waals surface area contributed by atoms with E-state index in [1.54, 1.807) is 55.5 Å². The van der Waals surface area contributed by atoms with Crippen molar-refractivity contribution in [3.8, 4) is 5.75 Å². The number of anilines is 2. The number of hydrogen-bond donors (Lipinski definition) is 2. The molecule has 1 amide bonds. The molecule has 0 aliphatic heterocycles. The van der Waals surface area contributed by atoms with Crippen molar-refractivity contribution in [1.29, 1.82) is 0 Å². The highest BCUT2D eigenvalue weighted by molar-refractivity contribution is 7.92. The number of para-hydroxylation sites is 2. The van der Waals surface area contributed by atoms with Gasteiger partial charge in [-0.3, -0.25) is 9.52 Å². The first-order valence-corrected chi connectivity index (χ1v) is 9.31. The van der Waals surface area contributed by atoms with Crippen LogP contribution < -0.4 is 14.8 Å². The molecular weight excluding hydrogens is 352 g/mol. The highest BCUT2D eigenvalue weighted by Gasteiger charge is 2.17. The van der Waals surface area contributed by atoms with Crippen LogP contribution in [0.1, 0.15) is 6.92 Å². The standard InChI is InChI=1S/C16H17ClN2O4S/c1-11(23-13-7-5-6-12(17)10-13)16(20)18-14-8-3-4-9-15(14)19-24(2,21)22/h3-11,19H,1-2H3,(H,18,20). The zero-order valence-corrected chi connectivity index (χ0v) is 14.7. The molecule has 0 fully saturated rings. The van der Waals surface area contributed by atoms with E-state index in [-0.39, 0.29) is 5.69 Å². The van der Waals surface area contributed by atoms with E-state index >= 15 is 0 Å². The molecule has 0 aliphatic rings. The van der Waals surface area contributed by atoms with Gasteiger partial charge in [0.15, 0.2) is 6.10 Å². The number of hydrogen-bond acceptors (Lipinski definition) is 4. The van der Waals surface area contributed by atoms with E-state index in [2.05, 4.69) is 10.0 Å². The van der Waals surface area contributed by atoms with Crippen molar-refractivity contribution in [2.45, 2.75) is 13.0 Å². The second kappa shape index (κ2) is 7.55. The lowest BCUT2D eigenvalue weighted by Gasteiger charge is -2.17. The molecule has 2 aromatic carbocycles. The molecule has 0 heterocycles. The van der Waals surface area contributed by atoms with Gasteiger partial charge in [0.2, 0.25) is 10.0 Å². The maximum absolute atomic E-state index is 12.3. The van der Waals surface area contributed by atoms with E-state index in [9.17, 15) is 13.2 Å². The molecule has 0 aromatic heterocycles. The second-order valence-corrected chi connectivity index (χ2v) is 7.31. The van der Waals surface area contributed by atoms with E-state index in [0.29, 0.717) is 16.5 Å². The smallest absolute Gasteiger partial charge is 0.265 e. The number of nitrogens with one attached hydrogen (secondary N) is 2. The van der Waals surface area contributed by atoms with Crippen molar-refractivity contribution >= 4 is 38.9 Å². The molecule has 8 heteroatoms. The summed E-state index contributed by atoms with van der Waals surface area (Å²) in [6.45, 7) is 1.59. The molecular formula is C16H17ClN2O4S. The summed E-state index contributed by atoms with van der Waals surface area (Å²) < 4.78 is 30.7. The molecule has 1 unspecified atom stereocenters. The SMILES string of the molecule is CC(Oc1cccc(Cl)c1)C(=O)Nc1ccccc1NS(C)(=O)=O. The predicted molar refractivity (Wildman–Crippen MR) is 95.1 cm³/mol. The number of carbonyl (C=O) groups excluding carboxylic acids is 1. The van der Waals surface area contributed by atoms with Crippen molar-refractivity contribution in [3.05, 3.63) is 53.6 Å². The Morgan fingerprint density at radius 2 is 1.79 bits per heavy atom. The first-order chi connectivity index (χ1) is 11.2. The van der Waals surface area contributed by atoms with Crippen LogP contribution in [0.4, 0.5) is 11.4 Å². The van der Waals surface area contributed by atoms with E-state index < -0.39 is 22.0 Å². The Balaban J connectivity index is 2.09. The van der Waals surface area contributed by atoms with E-state index in [1.807, 2.05) is 0 Å². The van der Waals surface area contributed by atoms with Crippen LogP contribution in [-0.2, 0) is 14.8 Å². The van der Waals surface area contributed by atoms with Crippen LogP contribution in [0.5, 0.6) is 5.75 Å². The van der Waals surface area contributed by atoms with Crippen LogP contribution >= 0.6 is 11.6 Å². The van der Waals surface area contributed by atoms with Crippen LogP contribution in [0.25, 0.3) is 0 Å². The van der Waals surface area contributed by atoms with Gasteiger partial charge in [-0.25, -0.2) is 8.42 Å². The first-order valence-electron chi connectivity index (χ1n) is 7.04. The van der Waals surface area contributed by atoms with Gasteiger partial charge in [0.25, 0.3) is 5.91 Å². The Morgan fingerprint density at radius 1 is 1.12 bits per heavy atom. The normalized spacial score (nSPS) is 12.3. The van der Waals surface area contributed by atoms with Gasteiger partial charge in [0.05, 0.1) is 17.6 Å². The Labute approximate surface area is 145 Å². The minimum absolute atomic E-state index is 0.281. The molecule has 1 atom stereocenters. The Kier molecular flexibility index (Phi) is 5.69. The van der Waals surface area contributed by atoms with Crippen LogP contribution in [-0.4, -0.2) is 26.7 Å². The summed E-state index contributed by atoms with van der Waals surface area (Å²) in [5, 5.41) is 3.15. The molecule has 2 N–H and O–H groups in total. The van der Waals surface area contributed by atoms with Crippen molar-refractivity contribution < 1.29 is 17.9 Å². The molecule has 24 heavy (non-hydrogen) atoms. The zero-order valence-electron chi connectivity index (χ0n) is 13.1. The third kappa shape index (κ3) is 5.43. The molecule has 0 bridgehead atoms. The van der Waals surface area contributed by atoms with E-state index in [4.69, 9.17) is 16.3 Å². The largest absolute Gasteiger partial charge is 0.481 e. The minimum atomic E-state index is -3.46. The minimum Gasteiger partial charge on any atom is -0.481 e. The monoisotopic (exact) mass is 368 g/mol. The first kappa shape index (κ1) is 18.1. The number of amides is 1. The van der Waals surface area contributed by atoms with Gasteiger partial charge in [0, 0.05) is 5.02 Å². The summed E-state index contributed by atoms with van der Waals surface area (Å²) in [7, 11) is -3.46. The number of sulfonamides is 1. The molecule has 2 aromatic rings. The summed E-state index contributed by atoms with van der Waals surface area (Å²) >= 11 is 5.87. The third-order valence-electron chi connectivity index (χ3n) is 2.96. The Bertz CT molecular complexity index is 839. The van der Waals surface area contributed by atoms with Gasteiger partial charge in [-0.1, -0.05) is 29.8 Å². The molecule has 0 saturated carbocycles. The second-order valence-electron chi connectivity index (χ2n) is 5.13. The number of benzene rings is 2. The summed E-state index contributed by atoms with van der Waals surface area (Å²) in [4.78, 5) is 12.3. The maximum Gasteiger partial charge on any atom is 0.265 e. The topological polar surface area (TPSA) is 84.5 Å². The Morgan fingerprint density at radius 3 is 2.42 bits per heavy atom. The molecule has 2 rings (SSSR count). The maximum atomic E-state index is 12.3. The zero-order chi connectivity index (χ0) is 17.7. The van der Waals surface area contributed by atoms with Crippen LogP contribution in [0.3, 0.4) is 0 Å². The fraction of sp³-hybridized carbons (Fsp3) is 0.188. The van der Waals surface area contributed by atoms with Crippen LogP contribution in [0.2, 0.25) is 5.02 Å². The third-order valence-corrected chi connectivity index (χ3v) is 3.78. The number of halogens is 1. The molecule has 6 nitrogen and oxygen atoms in total.